The Morgan fingerprint density at radius 3 is 2.48 bits per heavy atom. The number of nitrogens with one attached hydrogen (secondary N) is 1. The van der Waals surface area contributed by atoms with Crippen molar-refractivity contribution < 1.29 is 18.7 Å². The predicted octanol–water partition coefficient (Wildman–Crippen LogP) is 1.05. The second kappa shape index (κ2) is 8.92. The van der Waals surface area contributed by atoms with E-state index >= 15 is 0 Å². The number of ether oxygens (including phenoxy) is 1. The van der Waals surface area contributed by atoms with E-state index in [1.165, 1.54) is 17.0 Å². The van der Waals surface area contributed by atoms with Gasteiger partial charge in [0.05, 0.1) is 12.0 Å². The van der Waals surface area contributed by atoms with Crippen LogP contribution in [-0.4, -0.2) is 49.6 Å². The Morgan fingerprint density at radius 2 is 1.92 bits per heavy atom. The molecule has 2 amide bonds. The number of carbonyl (C=O) groups is 2. The number of nitrogens with zero attached hydrogens (tertiary/aromatic N) is 1. The van der Waals surface area contributed by atoms with E-state index < -0.39 is 5.41 Å². The fourth-order valence-corrected chi connectivity index (χ4v) is 2.96. The van der Waals surface area contributed by atoms with Crippen LogP contribution in [0.2, 0.25) is 0 Å². The molecule has 0 aliphatic carbocycles. The molecule has 0 atom stereocenters. The van der Waals surface area contributed by atoms with E-state index in [0.717, 1.165) is 5.56 Å². The minimum Gasteiger partial charge on any atom is -0.381 e. The second-order valence-corrected chi connectivity index (χ2v) is 6.32. The smallest absolute Gasteiger partial charge is 0.239 e. The minimum atomic E-state index is -0.633. The summed E-state index contributed by atoms with van der Waals surface area (Å²) in [5.74, 6) is -0.655. The molecule has 1 aromatic rings. The molecule has 1 aromatic carbocycles. The maximum atomic E-state index is 12.9. The molecule has 1 aliphatic heterocycles. The van der Waals surface area contributed by atoms with E-state index in [-0.39, 0.29) is 30.7 Å². The molecule has 0 spiro atoms. The Bertz CT molecular complexity index is 586. The molecule has 0 saturated carbocycles. The van der Waals surface area contributed by atoms with Gasteiger partial charge in [0.1, 0.15) is 5.82 Å². The van der Waals surface area contributed by atoms with Gasteiger partial charge in [-0.3, -0.25) is 9.59 Å². The van der Waals surface area contributed by atoms with E-state index in [4.69, 9.17) is 10.5 Å². The summed E-state index contributed by atoms with van der Waals surface area (Å²) in [4.78, 5) is 26.6. The van der Waals surface area contributed by atoms with E-state index in [2.05, 4.69) is 5.32 Å². The third-order valence-corrected chi connectivity index (χ3v) is 4.70. The quantitative estimate of drug-likeness (QED) is 0.769. The van der Waals surface area contributed by atoms with Gasteiger partial charge in [0.2, 0.25) is 11.8 Å². The summed E-state index contributed by atoms with van der Waals surface area (Å²) in [5.41, 5.74) is 6.04. The molecule has 25 heavy (non-hydrogen) atoms. The summed E-state index contributed by atoms with van der Waals surface area (Å²) in [7, 11) is 0. The lowest BCUT2D eigenvalue weighted by Crippen LogP contribution is -2.52. The monoisotopic (exact) mass is 351 g/mol. The number of hydrogen-bond donors (Lipinski definition) is 2. The summed E-state index contributed by atoms with van der Waals surface area (Å²) < 4.78 is 18.2. The molecule has 7 heteroatoms. The summed E-state index contributed by atoms with van der Waals surface area (Å²) in [6.45, 7) is 3.83. The SMILES string of the molecule is CCN(CC(=O)NCc1ccc(F)cc1)C(=O)C1(CN)CCOCC1. The Morgan fingerprint density at radius 1 is 1.28 bits per heavy atom. The van der Waals surface area contributed by atoms with Gasteiger partial charge in [0, 0.05) is 32.8 Å². The zero-order valence-corrected chi connectivity index (χ0v) is 14.6. The van der Waals surface area contributed by atoms with Crippen LogP contribution in [-0.2, 0) is 20.9 Å². The van der Waals surface area contributed by atoms with Crippen LogP contribution in [0, 0.1) is 11.2 Å². The van der Waals surface area contributed by atoms with Gasteiger partial charge in [0.15, 0.2) is 0 Å². The highest BCUT2D eigenvalue weighted by molar-refractivity contribution is 5.88. The zero-order valence-electron chi connectivity index (χ0n) is 14.6. The van der Waals surface area contributed by atoms with Crippen LogP contribution in [0.5, 0.6) is 0 Å². The summed E-state index contributed by atoms with van der Waals surface area (Å²) in [6.07, 6.45) is 1.16. The van der Waals surface area contributed by atoms with Gasteiger partial charge >= 0.3 is 0 Å². The number of nitrogens with two attached hydrogens (primary N) is 1. The number of rotatable bonds is 7. The van der Waals surface area contributed by atoms with E-state index in [0.29, 0.717) is 39.1 Å². The Hall–Kier alpha value is -1.99. The Balaban J connectivity index is 1.92. The highest BCUT2D eigenvalue weighted by atomic mass is 19.1. The summed E-state index contributed by atoms with van der Waals surface area (Å²) in [5, 5.41) is 2.76. The van der Waals surface area contributed by atoms with Crippen molar-refractivity contribution in [2.45, 2.75) is 26.3 Å². The molecule has 0 aromatic heterocycles. The summed E-state index contributed by atoms with van der Waals surface area (Å²) in [6, 6.07) is 5.92. The van der Waals surface area contributed by atoms with Crippen LogP contribution in [0.15, 0.2) is 24.3 Å². The van der Waals surface area contributed by atoms with Crippen LogP contribution in [0.4, 0.5) is 4.39 Å². The third-order valence-electron chi connectivity index (χ3n) is 4.70. The number of likely N-dealkylation sites (N-methyl/N-ethyl adjacent to an activating group) is 1. The van der Waals surface area contributed by atoms with Crippen LogP contribution in [0.1, 0.15) is 25.3 Å². The molecule has 1 fully saturated rings. The Labute approximate surface area is 147 Å². The van der Waals surface area contributed by atoms with Crippen LogP contribution in [0.25, 0.3) is 0 Å². The van der Waals surface area contributed by atoms with Gasteiger partial charge in [-0.1, -0.05) is 12.1 Å². The molecule has 0 unspecified atom stereocenters. The first kappa shape index (κ1) is 19.3. The average Bonchev–Trinajstić information content (AvgIpc) is 2.65. The van der Waals surface area contributed by atoms with Crippen molar-refractivity contribution in [1.82, 2.24) is 10.2 Å². The maximum Gasteiger partial charge on any atom is 0.239 e. The lowest BCUT2D eigenvalue weighted by Gasteiger charge is -2.38. The zero-order chi connectivity index (χ0) is 18.3. The normalized spacial score (nSPS) is 16.3. The predicted molar refractivity (Wildman–Crippen MR) is 92.0 cm³/mol. The molecule has 138 valence electrons. The first-order chi connectivity index (χ1) is 12.0. The number of amides is 2. The lowest BCUT2D eigenvalue weighted by atomic mass is 9.79. The van der Waals surface area contributed by atoms with Crippen LogP contribution < -0.4 is 11.1 Å². The van der Waals surface area contributed by atoms with Gasteiger partial charge in [-0.15, -0.1) is 0 Å². The third kappa shape index (κ3) is 4.99. The minimum absolute atomic E-state index is 0.0147. The first-order valence-corrected chi connectivity index (χ1v) is 8.59. The first-order valence-electron chi connectivity index (χ1n) is 8.59. The Kier molecular flexibility index (Phi) is 6.90. The maximum absolute atomic E-state index is 12.9. The highest BCUT2D eigenvalue weighted by Crippen LogP contribution is 2.31. The van der Waals surface area contributed by atoms with Crippen molar-refractivity contribution in [3.05, 3.63) is 35.6 Å². The number of halogens is 1. The lowest BCUT2D eigenvalue weighted by molar-refractivity contribution is -0.149. The topological polar surface area (TPSA) is 84.7 Å². The number of carbonyl (C=O) groups excluding carboxylic acids is 2. The van der Waals surface area contributed by atoms with Gasteiger partial charge in [0.25, 0.3) is 0 Å². The van der Waals surface area contributed by atoms with Crippen LogP contribution >= 0.6 is 0 Å². The molecule has 6 nitrogen and oxygen atoms in total. The van der Waals surface area contributed by atoms with Crippen molar-refractivity contribution in [1.29, 1.82) is 0 Å². The van der Waals surface area contributed by atoms with Crippen molar-refractivity contribution >= 4 is 11.8 Å². The second-order valence-electron chi connectivity index (χ2n) is 6.32. The van der Waals surface area contributed by atoms with E-state index in [9.17, 15) is 14.0 Å². The molecule has 1 saturated heterocycles. The fraction of sp³-hybridized carbons (Fsp3) is 0.556. The average molecular weight is 351 g/mol. The van der Waals surface area contributed by atoms with Gasteiger partial charge in [-0.2, -0.15) is 0 Å². The van der Waals surface area contributed by atoms with Gasteiger partial charge in [-0.05, 0) is 37.5 Å². The van der Waals surface area contributed by atoms with Crippen molar-refractivity contribution in [2.24, 2.45) is 11.1 Å². The number of hydrogen-bond acceptors (Lipinski definition) is 4. The molecular weight excluding hydrogens is 325 g/mol. The van der Waals surface area contributed by atoms with E-state index in [1.54, 1.807) is 12.1 Å². The number of benzene rings is 1. The largest absolute Gasteiger partial charge is 0.381 e. The van der Waals surface area contributed by atoms with Gasteiger partial charge in [-0.25, -0.2) is 4.39 Å². The van der Waals surface area contributed by atoms with Crippen LogP contribution in [0.3, 0.4) is 0 Å². The molecule has 0 radical (unpaired) electrons. The van der Waals surface area contributed by atoms with Crippen molar-refractivity contribution in [2.75, 3.05) is 32.8 Å². The molecule has 1 heterocycles. The standard InChI is InChI=1S/C18H26FN3O3/c1-2-22(17(24)18(13-20)7-9-25-10-8-18)12-16(23)21-11-14-3-5-15(19)6-4-14/h3-6H,2,7-13,20H2,1H3,(H,21,23). The molecule has 3 N–H and O–H groups in total. The van der Waals surface area contributed by atoms with Crippen molar-refractivity contribution in [3.63, 3.8) is 0 Å². The molecule has 1 aliphatic rings. The molecule has 0 bridgehead atoms. The van der Waals surface area contributed by atoms with Gasteiger partial charge < -0.3 is 20.7 Å². The van der Waals surface area contributed by atoms with Crippen molar-refractivity contribution in [3.8, 4) is 0 Å². The molecule has 2 rings (SSSR count). The highest BCUT2D eigenvalue weighted by Gasteiger charge is 2.41. The van der Waals surface area contributed by atoms with E-state index in [1.807, 2.05) is 6.92 Å². The summed E-state index contributed by atoms with van der Waals surface area (Å²) >= 11 is 0. The molecular formula is C18H26FN3O3. The fourth-order valence-electron chi connectivity index (χ4n) is 2.96.